The first-order valence-corrected chi connectivity index (χ1v) is 4.41. The number of carboxylic acids is 1. The van der Waals surface area contributed by atoms with Gasteiger partial charge in [-0.3, -0.25) is 4.79 Å². The van der Waals surface area contributed by atoms with Crippen LogP contribution in [0, 0.1) is 17.5 Å². The van der Waals surface area contributed by atoms with Crippen LogP contribution in [0.5, 0.6) is 5.75 Å². The van der Waals surface area contributed by atoms with Crippen molar-refractivity contribution in [3.05, 3.63) is 39.5 Å². The van der Waals surface area contributed by atoms with E-state index in [-0.39, 0.29) is 0 Å². The van der Waals surface area contributed by atoms with E-state index < -0.39 is 51.3 Å². The molecule has 0 bridgehead atoms. The first-order chi connectivity index (χ1) is 8.34. The van der Waals surface area contributed by atoms with Gasteiger partial charge < -0.3 is 14.6 Å². The summed E-state index contributed by atoms with van der Waals surface area (Å²) in [5.41, 5.74) is -2.43. The van der Waals surface area contributed by atoms with Gasteiger partial charge in [0.05, 0.1) is 0 Å². The van der Waals surface area contributed by atoms with Gasteiger partial charge >= 0.3 is 5.97 Å². The highest BCUT2D eigenvalue weighted by atomic mass is 19.2. The molecular formula is C10H3F3O5. The van der Waals surface area contributed by atoms with Crippen molar-refractivity contribution in [1.29, 1.82) is 0 Å². The molecule has 0 aliphatic carbocycles. The zero-order valence-electron chi connectivity index (χ0n) is 8.33. The maximum atomic E-state index is 13.4. The first-order valence-electron chi connectivity index (χ1n) is 4.41. The number of hydrogen-bond acceptors (Lipinski definition) is 4. The van der Waals surface area contributed by atoms with E-state index in [1.165, 1.54) is 0 Å². The summed E-state index contributed by atoms with van der Waals surface area (Å²) in [5.74, 6) is -9.85. The van der Waals surface area contributed by atoms with Crippen LogP contribution in [0.1, 0.15) is 10.6 Å². The van der Waals surface area contributed by atoms with Crippen molar-refractivity contribution >= 4 is 16.9 Å². The molecule has 0 atom stereocenters. The van der Waals surface area contributed by atoms with Crippen LogP contribution in [-0.4, -0.2) is 16.2 Å². The average molecular weight is 260 g/mol. The van der Waals surface area contributed by atoms with Gasteiger partial charge in [0.25, 0.3) is 0 Å². The molecule has 2 rings (SSSR count). The Morgan fingerprint density at radius 1 is 1.17 bits per heavy atom. The van der Waals surface area contributed by atoms with Crippen LogP contribution >= 0.6 is 0 Å². The van der Waals surface area contributed by atoms with E-state index >= 15 is 0 Å². The van der Waals surface area contributed by atoms with E-state index in [9.17, 15) is 22.8 Å². The number of aromatic hydroxyl groups is 1. The maximum Gasteiger partial charge on any atom is 0.371 e. The Kier molecular flexibility index (Phi) is 2.50. The van der Waals surface area contributed by atoms with Gasteiger partial charge in [-0.25, -0.2) is 9.18 Å². The molecule has 0 aliphatic rings. The minimum Gasteiger partial charge on any atom is -0.503 e. The Bertz CT molecular complexity index is 735. The second-order valence-corrected chi connectivity index (χ2v) is 3.27. The minimum absolute atomic E-state index is 0.379. The molecule has 0 unspecified atom stereocenters. The lowest BCUT2D eigenvalue weighted by molar-refractivity contribution is 0.0662. The molecule has 18 heavy (non-hydrogen) atoms. The van der Waals surface area contributed by atoms with Crippen molar-refractivity contribution < 1.29 is 32.6 Å². The van der Waals surface area contributed by atoms with Crippen LogP contribution in [0.2, 0.25) is 0 Å². The topological polar surface area (TPSA) is 87.7 Å². The number of halogens is 3. The molecule has 0 radical (unpaired) electrons. The van der Waals surface area contributed by atoms with Crippen LogP contribution in [0.4, 0.5) is 13.2 Å². The Hall–Kier alpha value is -2.51. The molecule has 8 heteroatoms. The lowest BCUT2D eigenvalue weighted by atomic mass is 10.1. The van der Waals surface area contributed by atoms with Crippen molar-refractivity contribution in [2.24, 2.45) is 0 Å². The average Bonchev–Trinajstić information content (AvgIpc) is 2.32. The lowest BCUT2D eigenvalue weighted by Gasteiger charge is -2.04. The minimum atomic E-state index is -1.95. The number of fused-ring (bicyclic) bond motifs is 1. The van der Waals surface area contributed by atoms with E-state index in [0.29, 0.717) is 6.07 Å². The Morgan fingerprint density at radius 2 is 1.78 bits per heavy atom. The lowest BCUT2D eigenvalue weighted by Crippen LogP contribution is -2.10. The first kappa shape index (κ1) is 12.0. The molecule has 0 saturated heterocycles. The quantitative estimate of drug-likeness (QED) is 0.760. The summed E-state index contributed by atoms with van der Waals surface area (Å²) in [4.78, 5) is 21.9. The van der Waals surface area contributed by atoms with Crippen molar-refractivity contribution in [1.82, 2.24) is 0 Å². The molecule has 94 valence electrons. The van der Waals surface area contributed by atoms with Gasteiger partial charge in [0.15, 0.2) is 22.6 Å². The third kappa shape index (κ3) is 1.50. The molecule has 0 saturated carbocycles. The standard InChI is InChI=1S/C10H3F3O5/c11-5-4-2(14)1-3(10(16)17)18-9(4)7(13)8(15)6(5)12/h1,15H,(H,16,17). The largest absolute Gasteiger partial charge is 0.503 e. The molecule has 1 aromatic carbocycles. The number of benzene rings is 1. The van der Waals surface area contributed by atoms with Gasteiger partial charge in [0.1, 0.15) is 5.39 Å². The number of rotatable bonds is 1. The third-order valence-corrected chi connectivity index (χ3v) is 2.19. The number of phenolic OH excluding ortho intramolecular Hbond substituents is 1. The summed E-state index contributed by atoms with van der Waals surface area (Å²) in [7, 11) is 0. The van der Waals surface area contributed by atoms with Crippen LogP contribution in [0.25, 0.3) is 11.0 Å². The van der Waals surface area contributed by atoms with Crippen molar-refractivity contribution in [2.45, 2.75) is 0 Å². The number of phenols is 1. The molecule has 0 spiro atoms. The van der Waals surface area contributed by atoms with Crippen molar-refractivity contribution in [3.63, 3.8) is 0 Å². The zero-order valence-corrected chi connectivity index (χ0v) is 8.33. The molecular weight excluding hydrogens is 257 g/mol. The van der Waals surface area contributed by atoms with Crippen LogP contribution in [0.15, 0.2) is 15.3 Å². The summed E-state index contributed by atoms with van der Waals surface area (Å²) in [6.07, 6.45) is 0. The smallest absolute Gasteiger partial charge is 0.371 e. The van der Waals surface area contributed by atoms with Gasteiger partial charge in [0.2, 0.25) is 17.4 Å². The highest BCUT2D eigenvalue weighted by Gasteiger charge is 2.25. The van der Waals surface area contributed by atoms with E-state index in [1.54, 1.807) is 0 Å². The number of carboxylic acid groups (broad SMARTS) is 1. The van der Waals surface area contributed by atoms with Crippen LogP contribution in [0.3, 0.4) is 0 Å². The summed E-state index contributed by atoms with van der Waals surface area (Å²) >= 11 is 0. The van der Waals surface area contributed by atoms with Gasteiger partial charge in [-0.15, -0.1) is 0 Å². The molecule has 0 amide bonds. The summed E-state index contributed by atoms with van der Waals surface area (Å²) < 4.78 is 44.1. The SMILES string of the molecule is O=C(O)c1cc(=O)c2c(F)c(F)c(O)c(F)c2o1. The third-order valence-electron chi connectivity index (χ3n) is 2.19. The Balaban J connectivity index is 3.07. The fraction of sp³-hybridized carbons (Fsp3) is 0. The van der Waals surface area contributed by atoms with Crippen LogP contribution < -0.4 is 5.43 Å². The Labute approximate surface area is 95.7 Å². The van der Waals surface area contributed by atoms with E-state index in [2.05, 4.69) is 4.42 Å². The second kappa shape index (κ2) is 3.76. The van der Waals surface area contributed by atoms with E-state index in [1.807, 2.05) is 0 Å². The molecule has 0 fully saturated rings. The highest BCUT2D eigenvalue weighted by Crippen LogP contribution is 2.30. The monoisotopic (exact) mass is 260 g/mol. The van der Waals surface area contributed by atoms with Gasteiger partial charge in [-0.1, -0.05) is 0 Å². The molecule has 0 aliphatic heterocycles. The maximum absolute atomic E-state index is 13.4. The van der Waals surface area contributed by atoms with E-state index in [4.69, 9.17) is 10.2 Å². The summed E-state index contributed by atoms with van der Waals surface area (Å²) in [6, 6.07) is 0.379. The van der Waals surface area contributed by atoms with Crippen LogP contribution in [-0.2, 0) is 0 Å². The van der Waals surface area contributed by atoms with Crippen molar-refractivity contribution in [2.75, 3.05) is 0 Å². The van der Waals surface area contributed by atoms with Crippen molar-refractivity contribution in [3.8, 4) is 5.75 Å². The fourth-order valence-electron chi connectivity index (χ4n) is 1.38. The van der Waals surface area contributed by atoms with Gasteiger partial charge in [-0.05, 0) is 0 Å². The summed E-state index contributed by atoms with van der Waals surface area (Å²) in [6.45, 7) is 0. The van der Waals surface area contributed by atoms with Gasteiger partial charge in [-0.2, -0.15) is 8.78 Å². The number of hydrogen-bond donors (Lipinski definition) is 2. The molecule has 2 N–H and O–H groups in total. The summed E-state index contributed by atoms with van der Waals surface area (Å²) in [5, 5.41) is 16.4. The predicted octanol–water partition coefficient (Wildman–Crippen LogP) is 1.61. The number of aromatic carboxylic acids is 1. The normalized spacial score (nSPS) is 10.8. The molecule has 2 aromatic rings. The fourth-order valence-corrected chi connectivity index (χ4v) is 1.38. The molecule has 5 nitrogen and oxygen atoms in total. The van der Waals surface area contributed by atoms with E-state index in [0.717, 1.165) is 0 Å². The second-order valence-electron chi connectivity index (χ2n) is 3.27. The number of carbonyl (C=O) groups is 1. The van der Waals surface area contributed by atoms with Gasteiger partial charge in [0, 0.05) is 6.07 Å². The Morgan fingerprint density at radius 3 is 2.33 bits per heavy atom. The zero-order chi connectivity index (χ0) is 13.6. The highest BCUT2D eigenvalue weighted by molar-refractivity contribution is 5.88. The predicted molar refractivity (Wildman–Crippen MR) is 51.0 cm³/mol. The molecule has 1 aromatic heterocycles. The molecule has 1 heterocycles.